The first-order chi connectivity index (χ1) is 7.19. The van der Waals surface area contributed by atoms with Crippen molar-refractivity contribution >= 4 is 0 Å². The van der Waals surface area contributed by atoms with Gasteiger partial charge >= 0.3 is 0 Å². The van der Waals surface area contributed by atoms with Gasteiger partial charge in [0, 0.05) is 25.2 Å². The second-order valence-corrected chi connectivity index (χ2v) is 3.77. The fourth-order valence-corrected chi connectivity index (χ4v) is 1.66. The molecule has 1 aliphatic heterocycles. The normalized spacial score (nSPS) is 17.1. The van der Waals surface area contributed by atoms with Gasteiger partial charge in [-0.2, -0.15) is 5.26 Å². The molecule has 0 radical (unpaired) electrons. The largest absolute Gasteiger partial charge is 0.390 e. The quantitative estimate of drug-likeness (QED) is 0.781. The molecule has 0 saturated carbocycles. The standard InChI is InChI=1S/C11H11FN2O/c12-11-3-8(4-13)1-2-9(11)5-14-6-10(15)7-14/h1-3,10,15H,5-7H2. The molecule has 1 N–H and O–H groups in total. The summed E-state index contributed by atoms with van der Waals surface area (Å²) < 4.78 is 13.4. The van der Waals surface area contributed by atoms with Crippen molar-refractivity contribution in [1.82, 2.24) is 4.90 Å². The third kappa shape index (κ3) is 2.14. The lowest BCUT2D eigenvalue weighted by Gasteiger charge is -2.35. The van der Waals surface area contributed by atoms with Gasteiger partial charge in [-0.25, -0.2) is 4.39 Å². The van der Waals surface area contributed by atoms with E-state index >= 15 is 0 Å². The Morgan fingerprint density at radius 2 is 2.27 bits per heavy atom. The van der Waals surface area contributed by atoms with Crippen LogP contribution in [0, 0.1) is 17.1 Å². The summed E-state index contributed by atoms with van der Waals surface area (Å²) in [6.07, 6.45) is -0.272. The summed E-state index contributed by atoms with van der Waals surface area (Å²) in [5.41, 5.74) is 0.904. The summed E-state index contributed by atoms with van der Waals surface area (Å²) in [5, 5.41) is 17.6. The molecule has 78 valence electrons. The van der Waals surface area contributed by atoms with Gasteiger partial charge in [0.2, 0.25) is 0 Å². The molecule has 0 aliphatic carbocycles. The second kappa shape index (κ2) is 3.97. The molecular formula is C11H11FN2O. The zero-order valence-corrected chi connectivity index (χ0v) is 8.15. The highest BCUT2D eigenvalue weighted by Crippen LogP contribution is 2.16. The lowest BCUT2D eigenvalue weighted by molar-refractivity contribution is -0.00342. The van der Waals surface area contributed by atoms with Crippen molar-refractivity contribution in [2.45, 2.75) is 12.6 Å². The van der Waals surface area contributed by atoms with Gasteiger partial charge in [0.15, 0.2) is 0 Å². The summed E-state index contributed by atoms with van der Waals surface area (Å²) in [7, 11) is 0. The summed E-state index contributed by atoms with van der Waals surface area (Å²) in [5.74, 6) is -0.351. The van der Waals surface area contributed by atoms with Gasteiger partial charge < -0.3 is 5.11 Å². The highest BCUT2D eigenvalue weighted by molar-refractivity contribution is 5.32. The minimum Gasteiger partial charge on any atom is -0.390 e. The minimum absolute atomic E-state index is 0.272. The van der Waals surface area contributed by atoms with E-state index in [9.17, 15) is 4.39 Å². The van der Waals surface area contributed by atoms with Crippen LogP contribution >= 0.6 is 0 Å². The monoisotopic (exact) mass is 206 g/mol. The Morgan fingerprint density at radius 3 is 2.80 bits per heavy atom. The van der Waals surface area contributed by atoms with Gasteiger partial charge in [0.1, 0.15) is 5.82 Å². The van der Waals surface area contributed by atoms with E-state index in [1.165, 1.54) is 6.07 Å². The molecule has 0 bridgehead atoms. The molecule has 4 heteroatoms. The zero-order chi connectivity index (χ0) is 10.8. The Kier molecular flexibility index (Phi) is 2.67. The molecule has 2 rings (SSSR count). The third-order valence-electron chi connectivity index (χ3n) is 2.51. The van der Waals surface area contributed by atoms with Crippen molar-refractivity contribution in [3.8, 4) is 6.07 Å². The van der Waals surface area contributed by atoms with Crippen LogP contribution in [0.2, 0.25) is 0 Å². The molecule has 0 unspecified atom stereocenters. The van der Waals surface area contributed by atoms with Crippen molar-refractivity contribution in [3.05, 3.63) is 35.1 Å². The number of aliphatic hydroxyl groups excluding tert-OH is 1. The summed E-state index contributed by atoms with van der Waals surface area (Å²) in [4.78, 5) is 1.95. The topological polar surface area (TPSA) is 47.3 Å². The average Bonchev–Trinajstić information content (AvgIpc) is 2.18. The maximum absolute atomic E-state index is 13.4. The molecule has 3 nitrogen and oxygen atoms in total. The lowest BCUT2D eigenvalue weighted by atomic mass is 10.1. The molecule has 1 heterocycles. The van der Waals surface area contributed by atoms with Crippen molar-refractivity contribution in [2.24, 2.45) is 0 Å². The van der Waals surface area contributed by atoms with E-state index in [4.69, 9.17) is 10.4 Å². The molecule has 1 fully saturated rings. The van der Waals surface area contributed by atoms with Gasteiger partial charge in [-0.15, -0.1) is 0 Å². The number of likely N-dealkylation sites (tertiary alicyclic amines) is 1. The van der Waals surface area contributed by atoms with Crippen LogP contribution in [0.5, 0.6) is 0 Å². The average molecular weight is 206 g/mol. The van der Waals surface area contributed by atoms with Gasteiger partial charge in [0.25, 0.3) is 0 Å². The Balaban J connectivity index is 2.06. The number of benzene rings is 1. The van der Waals surface area contributed by atoms with Crippen molar-refractivity contribution < 1.29 is 9.50 Å². The Hall–Kier alpha value is -1.44. The molecular weight excluding hydrogens is 195 g/mol. The van der Waals surface area contributed by atoms with E-state index in [0.717, 1.165) is 0 Å². The van der Waals surface area contributed by atoms with Crippen molar-refractivity contribution in [2.75, 3.05) is 13.1 Å². The fraction of sp³-hybridized carbons (Fsp3) is 0.364. The highest BCUT2D eigenvalue weighted by Gasteiger charge is 2.24. The highest BCUT2D eigenvalue weighted by atomic mass is 19.1. The molecule has 0 spiro atoms. The number of hydrogen-bond acceptors (Lipinski definition) is 3. The van der Waals surface area contributed by atoms with Crippen LogP contribution in [0.3, 0.4) is 0 Å². The molecule has 15 heavy (non-hydrogen) atoms. The molecule has 1 aromatic carbocycles. The van der Waals surface area contributed by atoms with E-state index in [2.05, 4.69) is 0 Å². The first kappa shape index (κ1) is 10.1. The number of nitriles is 1. The van der Waals surface area contributed by atoms with Crippen LogP contribution in [0.15, 0.2) is 18.2 Å². The van der Waals surface area contributed by atoms with Gasteiger partial charge in [0.05, 0.1) is 17.7 Å². The number of rotatable bonds is 2. The number of aliphatic hydroxyl groups is 1. The first-order valence-electron chi connectivity index (χ1n) is 4.78. The second-order valence-electron chi connectivity index (χ2n) is 3.77. The molecule has 0 atom stereocenters. The minimum atomic E-state index is -0.351. The third-order valence-corrected chi connectivity index (χ3v) is 2.51. The predicted molar refractivity (Wildman–Crippen MR) is 52.4 cm³/mol. The number of nitrogens with zero attached hydrogens (tertiary/aromatic N) is 2. The molecule has 1 saturated heterocycles. The molecule has 1 aliphatic rings. The predicted octanol–water partition coefficient (Wildman–Crippen LogP) is 0.874. The SMILES string of the molecule is N#Cc1ccc(CN2CC(O)C2)c(F)c1. The fourth-order valence-electron chi connectivity index (χ4n) is 1.66. The van der Waals surface area contributed by atoms with E-state index in [1.807, 2.05) is 11.0 Å². The van der Waals surface area contributed by atoms with Crippen LogP contribution < -0.4 is 0 Å². The zero-order valence-electron chi connectivity index (χ0n) is 8.15. The van der Waals surface area contributed by atoms with Gasteiger partial charge in [-0.1, -0.05) is 6.07 Å². The Morgan fingerprint density at radius 1 is 1.53 bits per heavy atom. The molecule has 1 aromatic rings. The first-order valence-corrected chi connectivity index (χ1v) is 4.78. The van der Waals surface area contributed by atoms with E-state index in [1.54, 1.807) is 12.1 Å². The maximum atomic E-state index is 13.4. The summed E-state index contributed by atoms with van der Waals surface area (Å²) in [6.45, 7) is 1.69. The number of β-amino-alcohol motifs (C(OH)–C–C–N with tert-alkyl or cyclic N) is 1. The van der Waals surface area contributed by atoms with Crippen LogP contribution in [-0.4, -0.2) is 29.2 Å². The van der Waals surface area contributed by atoms with E-state index in [-0.39, 0.29) is 11.9 Å². The van der Waals surface area contributed by atoms with Crippen LogP contribution in [0.1, 0.15) is 11.1 Å². The van der Waals surface area contributed by atoms with Crippen molar-refractivity contribution in [3.63, 3.8) is 0 Å². The maximum Gasteiger partial charge on any atom is 0.129 e. The van der Waals surface area contributed by atoms with Gasteiger partial charge in [-0.05, 0) is 12.1 Å². The van der Waals surface area contributed by atoms with E-state index < -0.39 is 0 Å². The Labute approximate surface area is 87.4 Å². The van der Waals surface area contributed by atoms with E-state index in [0.29, 0.717) is 30.8 Å². The Bertz CT molecular complexity index is 408. The van der Waals surface area contributed by atoms with Crippen LogP contribution in [0.4, 0.5) is 4.39 Å². The lowest BCUT2D eigenvalue weighted by Crippen LogP contribution is -2.49. The molecule has 0 amide bonds. The number of hydrogen-bond donors (Lipinski definition) is 1. The smallest absolute Gasteiger partial charge is 0.129 e. The van der Waals surface area contributed by atoms with Crippen LogP contribution in [-0.2, 0) is 6.54 Å². The summed E-state index contributed by atoms with van der Waals surface area (Å²) >= 11 is 0. The van der Waals surface area contributed by atoms with Crippen LogP contribution in [0.25, 0.3) is 0 Å². The summed E-state index contributed by atoms with van der Waals surface area (Å²) in [6, 6.07) is 6.36. The number of halogens is 1. The van der Waals surface area contributed by atoms with Gasteiger partial charge in [-0.3, -0.25) is 4.90 Å². The van der Waals surface area contributed by atoms with Crippen molar-refractivity contribution in [1.29, 1.82) is 5.26 Å². The molecule has 0 aromatic heterocycles.